The maximum Gasteiger partial charge on any atom is 0.222 e. The number of aryl methyl sites for hydroxylation is 2. The molecule has 4 heteroatoms. The lowest BCUT2D eigenvalue weighted by molar-refractivity contribution is -0.124. The Hall–Kier alpha value is -1.32. The van der Waals surface area contributed by atoms with Crippen LogP contribution < -0.4 is 5.32 Å². The van der Waals surface area contributed by atoms with Crippen molar-refractivity contribution in [2.45, 2.75) is 46.5 Å². The minimum atomic E-state index is 0.135. The molecule has 0 bridgehead atoms. The van der Waals surface area contributed by atoms with Gasteiger partial charge in [-0.1, -0.05) is 20.3 Å². The number of nitrogens with one attached hydrogen (secondary N) is 2. The summed E-state index contributed by atoms with van der Waals surface area (Å²) in [6, 6.07) is 0. The van der Waals surface area contributed by atoms with Crippen molar-refractivity contribution in [1.29, 1.82) is 0 Å². The van der Waals surface area contributed by atoms with Gasteiger partial charge in [0.1, 0.15) is 0 Å². The van der Waals surface area contributed by atoms with Gasteiger partial charge in [0.2, 0.25) is 5.91 Å². The van der Waals surface area contributed by atoms with Crippen LogP contribution in [-0.2, 0) is 11.2 Å². The molecule has 1 amide bonds. The fourth-order valence-corrected chi connectivity index (χ4v) is 1.86. The summed E-state index contributed by atoms with van der Waals surface area (Å²) < 4.78 is 0. The van der Waals surface area contributed by atoms with E-state index in [0.717, 1.165) is 37.9 Å². The zero-order valence-corrected chi connectivity index (χ0v) is 11.0. The van der Waals surface area contributed by atoms with Gasteiger partial charge in [0.25, 0.3) is 0 Å². The van der Waals surface area contributed by atoms with Gasteiger partial charge in [0.15, 0.2) is 0 Å². The maximum absolute atomic E-state index is 11.6. The normalized spacial score (nSPS) is 12.4. The molecular formula is C13H23N3O. The molecular weight excluding hydrogens is 214 g/mol. The molecule has 0 spiro atoms. The summed E-state index contributed by atoms with van der Waals surface area (Å²) in [6.07, 6.45) is 5.81. The first-order chi connectivity index (χ1) is 8.15. The lowest BCUT2D eigenvalue weighted by Gasteiger charge is -2.10. The largest absolute Gasteiger partial charge is 0.356 e. The average Bonchev–Trinajstić information content (AvgIpc) is 2.70. The van der Waals surface area contributed by atoms with E-state index in [1.807, 2.05) is 20.0 Å². The Kier molecular flexibility index (Phi) is 5.73. The molecule has 1 aromatic rings. The van der Waals surface area contributed by atoms with E-state index >= 15 is 0 Å². The minimum Gasteiger partial charge on any atom is -0.356 e. The Morgan fingerprint density at radius 1 is 1.59 bits per heavy atom. The number of hydrogen-bond acceptors (Lipinski definition) is 2. The van der Waals surface area contributed by atoms with Crippen molar-refractivity contribution < 1.29 is 4.79 Å². The second-order valence-electron chi connectivity index (χ2n) is 4.60. The first kappa shape index (κ1) is 13.7. The highest BCUT2D eigenvalue weighted by Crippen LogP contribution is 2.06. The van der Waals surface area contributed by atoms with Gasteiger partial charge in [-0.25, -0.2) is 0 Å². The Morgan fingerprint density at radius 2 is 2.35 bits per heavy atom. The van der Waals surface area contributed by atoms with Crippen LogP contribution in [0, 0.1) is 12.8 Å². The standard InChI is InChI=1S/C13H23N3O/c1-4-6-10(2)13(17)14-8-5-7-12-9-15-16-11(12)3/h9-10H,4-8H2,1-3H3,(H,14,17)(H,15,16). The Balaban J connectivity index is 2.16. The molecule has 0 aromatic carbocycles. The smallest absolute Gasteiger partial charge is 0.222 e. The highest BCUT2D eigenvalue weighted by Gasteiger charge is 2.10. The molecule has 0 saturated heterocycles. The Morgan fingerprint density at radius 3 is 2.94 bits per heavy atom. The van der Waals surface area contributed by atoms with E-state index in [2.05, 4.69) is 22.4 Å². The number of amides is 1. The van der Waals surface area contributed by atoms with E-state index in [-0.39, 0.29) is 11.8 Å². The molecule has 0 radical (unpaired) electrons. The lowest BCUT2D eigenvalue weighted by atomic mass is 10.1. The van der Waals surface area contributed by atoms with Crippen LogP contribution in [0.4, 0.5) is 0 Å². The topological polar surface area (TPSA) is 57.8 Å². The van der Waals surface area contributed by atoms with Crippen LogP contribution in [-0.4, -0.2) is 22.6 Å². The maximum atomic E-state index is 11.6. The summed E-state index contributed by atoms with van der Waals surface area (Å²) in [6.45, 7) is 6.85. The first-order valence-corrected chi connectivity index (χ1v) is 6.41. The molecule has 0 fully saturated rings. The van der Waals surface area contributed by atoms with Crippen molar-refractivity contribution in [1.82, 2.24) is 15.5 Å². The third kappa shape index (κ3) is 4.59. The fraction of sp³-hybridized carbons (Fsp3) is 0.692. The summed E-state index contributed by atoms with van der Waals surface area (Å²) in [5.41, 5.74) is 2.36. The number of aromatic amines is 1. The van der Waals surface area contributed by atoms with Crippen molar-refractivity contribution in [2.24, 2.45) is 5.92 Å². The Bertz CT molecular complexity index is 346. The van der Waals surface area contributed by atoms with Crippen molar-refractivity contribution in [2.75, 3.05) is 6.54 Å². The molecule has 96 valence electrons. The van der Waals surface area contributed by atoms with Gasteiger partial charge in [-0.05, 0) is 31.7 Å². The number of nitrogens with zero attached hydrogens (tertiary/aromatic N) is 1. The minimum absolute atomic E-state index is 0.135. The second kappa shape index (κ2) is 7.09. The monoisotopic (exact) mass is 237 g/mol. The zero-order chi connectivity index (χ0) is 12.7. The molecule has 4 nitrogen and oxygen atoms in total. The summed E-state index contributed by atoms with van der Waals surface area (Å²) >= 11 is 0. The van der Waals surface area contributed by atoms with Crippen molar-refractivity contribution in [3.05, 3.63) is 17.5 Å². The number of H-pyrrole nitrogens is 1. The quantitative estimate of drug-likeness (QED) is 0.714. The number of hydrogen-bond donors (Lipinski definition) is 2. The predicted octanol–water partition coefficient (Wildman–Crippen LogP) is 2.20. The van der Waals surface area contributed by atoms with Crippen LogP contribution >= 0.6 is 0 Å². The fourth-order valence-electron chi connectivity index (χ4n) is 1.86. The highest BCUT2D eigenvalue weighted by atomic mass is 16.1. The molecule has 1 aromatic heterocycles. The van der Waals surface area contributed by atoms with Gasteiger partial charge < -0.3 is 5.32 Å². The number of aromatic nitrogens is 2. The molecule has 0 aliphatic heterocycles. The van der Waals surface area contributed by atoms with Gasteiger partial charge in [-0.3, -0.25) is 9.89 Å². The van der Waals surface area contributed by atoms with Gasteiger partial charge >= 0.3 is 0 Å². The number of carbonyl (C=O) groups excluding carboxylic acids is 1. The zero-order valence-electron chi connectivity index (χ0n) is 11.0. The molecule has 2 N–H and O–H groups in total. The summed E-state index contributed by atoms with van der Waals surface area (Å²) in [7, 11) is 0. The third-order valence-electron chi connectivity index (χ3n) is 3.03. The summed E-state index contributed by atoms with van der Waals surface area (Å²) in [5, 5.41) is 9.87. The summed E-state index contributed by atoms with van der Waals surface area (Å²) in [5.74, 6) is 0.312. The van der Waals surface area contributed by atoms with E-state index in [0.29, 0.717) is 0 Å². The highest BCUT2D eigenvalue weighted by molar-refractivity contribution is 5.78. The van der Waals surface area contributed by atoms with Crippen molar-refractivity contribution >= 4 is 5.91 Å². The predicted molar refractivity (Wildman–Crippen MR) is 68.7 cm³/mol. The molecule has 1 rings (SSSR count). The van der Waals surface area contributed by atoms with E-state index in [1.165, 1.54) is 5.56 Å². The number of carbonyl (C=O) groups is 1. The van der Waals surface area contributed by atoms with Crippen LogP contribution in [0.2, 0.25) is 0 Å². The molecule has 1 atom stereocenters. The van der Waals surface area contributed by atoms with Crippen molar-refractivity contribution in [3.63, 3.8) is 0 Å². The van der Waals surface area contributed by atoms with E-state index in [1.54, 1.807) is 0 Å². The van der Waals surface area contributed by atoms with Gasteiger partial charge in [0.05, 0.1) is 6.20 Å². The van der Waals surface area contributed by atoms with Crippen LogP contribution in [0.15, 0.2) is 6.20 Å². The van der Waals surface area contributed by atoms with E-state index in [9.17, 15) is 4.79 Å². The number of rotatable bonds is 7. The molecule has 17 heavy (non-hydrogen) atoms. The Labute approximate surface area is 103 Å². The summed E-state index contributed by atoms with van der Waals surface area (Å²) in [4.78, 5) is 11.6. The molecule has 0 aliphatic carbocycles. The molecule has 0 aliphatic rings. The van der Waals surface area contributed by atoms with E-state index < -0.39 is 0 Å². The third-order valence-corrected chi connectivity index (χ3v) is 3.03. The first-order valence-electron chi connectivity index (χ1n) is 6.41. The van der Waals surface area contributed by atoms with Crippen molar-refractivity contribution in [3.8, 4) is 0 Å². The molecule has 1 unspecified atom stereocenters. The van der Waals surface area contributed by atoms with Crippen LogP contribution in [0.25, 0.3) is 0 Å². The molecule has 1 heterocycles. The van der Waals surface area contributed by atoms with Crippen LogP contribution in [0.3, 0.4) is 0 Å². The van der Waals surface area contributed by atoms with Crippen LogP contribution in [0.1, 0.15) is 44.4 Å². The average molecular weight is 237 g/mol. The van der Waals surface area contributed by atoms with Gasteiger partial charge in [0, 0.05) is 18.2 Å². The molecule has 0 saturated carbocycles. The van der Waals surface area contributed by atoms with Gasteiger partial charge in [-0.15, -0.1) is 0 Å². The second-order valence-corrected chi connectivity index (χ2v) is 4.60. The van der Waals surface area contributed by atoms with Crippen LogP contribution in [0.5, 0.6) is 0 Å². The SMILES string of the molecule is CCCC(C)C(=O)NCCCc1cn[nH]c1C. The van der Waals surface area contributed by atoms with E-state index in [4.69, 9.17) is 0 Å². The lowest BCUT2D eigenvalue weighted by Crippen LogP contribution is -2.30. The van der Waals surface area contributed by atoms with Gasteiger partial charge in [-0.2, -0.15) is 5.10 Å².